The second kappa shape index (κ2) is 5.87. The number of nitrogens with zero attached hydrogens (tertiary/aromatic N) is 1. The van der Waals surface area contributed by atoms with Crippen LogP contribution in [0.2, 0.25) is 0 Å². The Morgan fingerprint density at radius 3 is 2.25 bits per heavy atom. The van der Waals surface area contributed by atoms with Gasteiger partial charge in [-0.05, 0) is 23.6 Å². The van der Waals surface area contributed by atoms with Crippen molar-refractivity contribution in [1.82, 2.24) is 0 Å². The third-order valence-corrected chi connectivity index (χ3v) is 2.87. The van der Waals surface area contributed by atoms with Crippen molar-refractivity contribution >= 4 is 5.69 Å². The molecule has 0 heterocycles. The summed E-state index contributed by atoms with van der Waals surface area (Å²) in [4.78, 5) is 2.02. The molecule has 0 saturated carbocycles. The summed E-state index contributed by atoms with van der Waals surface area (Å²) in [7, 11) is 1.97. The molecule has 3 N–H and O–H groups in total. The maximum absolute atomic E-state index is 8.85. The lowest BCUT2D eigenvalue weighted by Gasteiger charge is -2.20. The molecule has 0 aliphatic heterocycles. The van der Waals surface area contributed by atoms with Gasteiger partial charge in [-0.3, -0.25) is 0 Å². The normalized spacial score (nSPS) is 12.9. The Labute approximate surface area is 97.9 Å². The molecule has 3 nitrogen and oxygen atoms in total. The molecular weight excluding hydrogens is 200 g/mol. The summed E-state index contributed by atoms with van der Waals surface area (Å²) in [6.07, 6.45) is 0. The van der Waals surface area contributed by atoms with Crippen LogP contribution in [0.25, 0.3) is 0 Å². The molecule has 1 aromatic rings. The summed E-state index contributed by atoms with van der Waals surface area (Å²) < 4.78 is 0. The van der Waals surface area contributed by atoms with Crippen LogP contribution in [0.5, 0.6) is 0 Å². The van der Waals surface area contributed by atoms with Gasteiger partial charge in [0.25, 0.3) is 0 Å². The quantitative estimate of drug-likeness (QED) is 0.798. The molecule has 0 unspecified atom stereocenters. The molecule has 1 rings (SSSR count). The first kappa shape index (κ1) is 13.0. The minimum Gasteiger partial charge on any atom is -0.395 e. The lowest BCUT2D eigenvalue weighted by atomic mass is 9.97. The van der Waals surface area contributed by atoms with Crippen molar-refractivity contribution in [2.24, 2.45) is 11.7 Å². The second-order valence-electron chi connectivity index (χ2n) is 4.51. The van der Waals surface area contributed by atoms with Crippen molar-refractivity contribution < 1.29 is 5.11 Å². The minimum absolute atomic E-state index is 0.0946. The van der Waals surface area contributed by atoms with Gasteiger partial charge in [-0.1, -0.05) is 26.0 Å². The Bertz CT molecular complexity index is 308. The average Bonchev–Trinajstić information content (AvgIpc) is 2.28. The van der Waals surface area contributed by atoms with Crippen LogP contribution in [0.15, 0.2) is 24.3 Å². The molecule has 16 heavy (non-hydrogen) atoms. The summed E-state index contributed by atoms with van der Waals surface area (Å²) in [6.45, 7) is 5.06. The van der Waals surface area contributed by atoms with Gasteiger partial charge in [0.05, 0.1) is 6.61 Å². The maximum Gasteiger partial charge on any atom is 0.0606 e. The number of anilines is 1. The van der Waals surface area contributed by atoms with Gasteiger partial charge in [-0.2, -0.15) is 0 Å². The molecule has 0 aromatic heterocycles. The van der Waals surface area contributed by atoms with E-state index in [9.17, 15) is 0 Å². The van der Waals surface area contributed by atoms with Crippen molar-refractivity contribution in [3.8, 4) is 0 Å². The highest BCUT2D eigenvalue weighted by Crippen LogP contribution is 2.21. The molecule has 0 fully saturated rings. The van der Waals surface area contributed by atoms with Crippen LogP contribution in [-0.4, -0.2) is 25.3 Å². The van der Waals surface area contributed by atoms with Crippen molar-refractivity contribution in [1.29, 1.82) is 0 Å². The van der Waals surface area contributed by atoms with Crippen LogP contribution in [0.4, 0.5) is 5.69 Å². The summed E-state index contributed by atoms with van der Waals surface area (Å²) in [5.41, 5.74) is 8.34. The summed E-state index contributed by atoms with van der Waals surface area (Å²) in [5.74, 6) is 0.445. The van der Waals surface area contributed by atoms with E-state index < -0.39 is 0 Å². The third kappa shape index (κ3) is 3.22. The molecule has 90 valence electrons. The van der Waals surface area contributed by atoms with Gasteiger partial charge in [0.1, 0.15) is 0 Å². The Balaban J connectivity index is 2.74. The summed E-state index contributed by atoms with van der Waals surface area (Å²) >= 11 is 0. The number of aliphatic hydroxyl groups is 1. The van der Waals surface area contributed by atoms with Gasteiger partial charge in [-0.15, -0.1) is 0 Å². The van der Waals surface area contributed by atoms with E-state index in [-0.39, 0.29) is 12.6 Å². The van der Waals surface area contributed by atoms with E-state index in [0.29, 0.717) is 12.5 Å². The molecule has 0 spiro atoms. The SMILES string of the molecule is CC(C)[C@@H](N)c1ccc(N(C)CCO)cc1. The number of hydrogen-bond acceptors (Lipinski definition) is 3. The molecule has 0 bridgehead atoms. The zero-order chi connectivity index (χ0) is 12.1. The molecule has 0 saturated heterocycles. The zero-order valence-corrected chi connectivity index (χ0v) is 10.4. The average molecular weight is 222 g/mol. The molecule has 0 amide bonds. The number of rotatable bonds is 5. The minimum atomic E-state index is 0.0946. The van der Waals surface area contributed by atoms with Gasteiger partial charge in [0.15, 0.2) is 0 Å². The Hall–Kier alpha value is -1.06. The van der Waals surface area contributed by atoms with Crippen LogP contribution in [0, 0.1) is 5.92 Å². The first-order chi connectivity index (χ1) is 7.56. The molecule has 0 radical (unpaired) electrons. The highest BCUT2D eigenvalue weighted by molar-refractivity contribution is 5.47. The van der Waals surface area contributed by atoms with Crippen molar-refractivity contribution in [3.63, 3.8) is 0 Å². The fourth-order valence-electron chi connectivity index (χ4n) is 1.62. The van der Waals surface area contributed by atoms with Crippen molar-refractivity contribution in [2.75, 3.05) is 25.1 Å². The number of nitrogens with two attached hydrogens (primary N) is 1. The maximum atomic E-state index is 8.85. The second-order valence-corrected chi connectivity index (χ2v) is 4.51. The standard InChI is InChI=1S/C13H22N2O/c1-10(2)13(14)11-4-6-12(7-5-11)15(3)8-9-16/h4-7,10,13,16H,8-9,14H2,1-3H3/t13-/m1/s1. The summed E-state index contributed by atoms with van der Waals surface area (Å²) in [5, 5.41) is 8.85. The molecule has 1 atom stereocenters. The van der Waals surface area contributed by atoms with Gasteiger partial charge in [0.2, 0.25) is 0 Å². The van der Waals surface area contributed by atoms with Gasteiger partial charge < -0.3 is 15.7 Å². The molecule has 0 aliphatic rings. The van der Waals surface area contributed by atoms with Crippen molar-refractivity contribution in [3.05, 3.63) is 29.8 Å². The molecule has 3 heteroatoms. The Morgan fingerprint density at radius 1 is 1.25 bits per heavy atom. The van der Waals surface area contributed by atoms with Crippen LogP contribution in [0.3, 0.4) is 0 Å². The van der Waals surface area contributed by atoms with Crippen LogP contribution < -0.4 is 10.6 Å². The van der Waals surface area contributed by atoms with Crippen LogP contribution in [0.1, 0.15) is 25.5 Å². The Morgan fingerprint density at radius 2 is 1.81 bits per heavy atom. The first-order valence-corrected chi connectivity index (χ1v) is 5.73. The van der Waals surface area contributed by atoms with E-state index >= 15 is 0 Å². The van der Waals surface area contributed by atoms with E-state index in [0.717, 1.165) is 11.3 Å². The zero-order valence-electron chi connectivity index (χ0n) is 10.4. The lowest BCUT2D eigenvalue weighted by Crippen LogP contribution is -2.21. The lowest BCUT2D eigenvalue weighted by molar-refractivity contribution is 0.304. The van der Waals surface area contributed by atoms with E-state index in [1.54, 1.807) is 0 Å². The predicted molar refractivity (Wildman–Crippen MR) is 68.6 cm³/mol. The van der Waals surface area contributed by atoms with Gasteiger partial charge in [-0.25, -0.2) is 0 Å². The van der Waals surface area contributed by atoms with E-state index in [4.69, 9.17) is 10.8 Å². The molecule has 0 aliphatic carbocycles. The van der Waals surface area contributed by atoms with Crippen molar-refractivity contribution in [2.45, 2.75) is 19.9 Å². The largest absolute Gasteiger partial charge is 0.395 e. The fourth-order valence-corrected chi connectivity index (χ4v) is 1.62. The number of benzene rings is 1. The fraction of sp³-hybridized carbons (Fsp3) is 0.538. The topological polar surface area (TPSA) is 49.5 Å². The third-order valence-electron chi connectivity index (χ3n) is 2.87. The number of aliphatic hydroxyl groups excluding tert-OH is 1. The number of likely N-dealkylation sites (N-methyl/N-ethyl adjacent to an activating group) is 1. The smallest absolute Gasteiger partial charge is 0.0606 e. The van der Waals surface area contributed by atoms with Gasteiger partial charge in [0, 0.05) is 25.3 Å². The highest BCUT2D eigenvalue weighted by Gasteiger charge is 2.10. The Kier molecular flexibility index (Phi) is 4.77. The highest BCUT2D eigenvalue weighted by atomic mass is 16.3. The van der Waals surface area contributed by atoms with E-state index in [1.165, 1.54) is 0 Å². The monoisotopic (exact) mass is 222 g/mol. The first-order valence-electron chi connectivity index (χ1n) is 5.73. The van der Waals surface area contributed by atoms with E-state index in [1.807, 2.05) is 24.1 Å². The number of hydrogen-bond donors (Lipinski definition) is 2. The van der Waals surface area contributed by atoms with E-state index in [2.05, 4.69) is 26.0 Å². The van der Waals surface area contributed by atoms with Crippen LogP contribution in [-0.2, 0) is 0 Å². The van der Waals surface area contributed by atoms with Gasteiger partial charge >= 0.3 is 0 Å². The predicted octanol–water partition coefficient (Wildman–Crippen LogP) is 1.77. The molecule has 1 aromatic carbocycles. The molecular formula is C13H22N2O. The van der Waals surface area contributed by atoms with Crippen LogP contribution >= 0.6 is 0 Å². The summed E-state index contributed by atoms with van der Waals surface area (Å²) in [6, 6.07) is 8.32.